The first-order valence-corrected chi connectivity index (χ1v) is 4.67. The molecule has 0 N–H and O–H groups in total. The minimum absolute atomic E-state index is 0.0206. The number of halogens is 1. The molecule has 4 heteroatoms. The van der Waals surface area contributed by atoms with Crippen molar-refractivity contribution in [1.82, 2.24) is 0 Å². The third-order valence-corrected chi connectivity index (χ3v) is 2.47. The Balaban J connectivity index is 2.40. The number of hydrogen-bond donors (Lipinski definition) is 0. The summed E-state index contributed by atoms with van der Waals surface area (Å²) in [6.07, 6.45) is 0.474. The van der Waals surface area contributed by atoms with Crippen molar-refractivity contribution in [3.63, 3.8) is 0 Å². The van der Waals surface area contributed by atoms with Gasteiger partial charge >= 0.3 is 0 Å². The fraction of sp³-hybridized carbons (Fsp3) is 0.273. The molecular weight excluding hydrogens is 195 g/mol. The zero-order valence-corrected chi connectivity index (χ0v) is 8.03. The summed E-state index contributed by atoms with van der Waals surface area (Å²) in [4.78, 5) is 12.8. The summed E-state index contributed by atoms with van der Waals surface area (Å²) in [5, 5.41) is 8.82. The molecule has 1 aliphatic heterocycles. The van der Waals surface area contributed by atoms with Crippen molar-refractivity contribution >= 4 is 11.5 Å². The molecular formula is C11H9FN2O. The summed E-state index contributed by atoms with van der Waals surface area (Å²) in [5.41, 5.74) is 0.538. The van der Waals surface area contributed by atoms with Crippen molar-refractivity contribution in [2.24, 2.45) is 0 Å². The molecule has 1 aromatic rings. The van der Waals surface area contributed by atoms with Gasteiger partial charge in [0.25, 0.3) is 0 Å². The maximum absolute atomic E-state index is 13.3. The molecule has 1 saturated heterocycles. The molecule has 0 saturated carbocycles. The van der Waals surface area contributed by atoms with Crippen LogP contribution in [0.4, 0.5) is 10.1 Å². The summed E-state index contributed by atoms with van der Waals surface area (Å²) >= 11 is 0. The maximum Gasteiger partial charge on any atom is 0.153 e. The highest BCUT2D eigenvalue weighted by Gasteiger charge is 2.22. The van der Waals surface area contributed by atoms with E-state index in [1.54, 1.807) is 17.0 Å². The topological polar surface area (TPSA) is 44.1 Å². The summed E-state index contributed by atoms with van der Waals surface area (Å²) in [6, 6.07) is 6.29. The number of carbonyl (C=O) groups is 1. The summed E-state index contributed by atoms with van der Waals surface area (Å²) < 4.78 is 13.3. The Morgan fingerprint density at radius 2 is 2.27 bits per heavy atom. The lowest BCUT2D eigenvalue weighted by molar-refractivity contribution is -0.116. The molecule has 1 aromatic carbocycles. The molecule has 0 aliphatic carbocycles. The van der Waals surface area contributed by atoms with Crippen molar-refractivity contribution in [3.8, 4) is 6.07 Å². The smallest absolute Gasteiger partial charge is 0.153 e. The molecule has 0 atom stereocenters. The molecule has 0 radical (unpaired) electrons. The lowest BCUT2D eigenvalue weighted by Gasteiger charge is -2.17. The number of nitrogens with zero attached hydrogens (tertiary/aromatic N) is 2. The van der Waals surface area contributed by atoms with Gasteiger partial charge in [-0.05, 0) is 12.1 Å². The predicted octanol–water partition coefficient (Wildman–Crippen LogP) is 1.48. The highest BCUT2D eigenvalue weighted by atomic mass is 19.1. The van der Waals surface area contributed by atoms with Crippen LogP contribution in [0.1, 0.15) is 12.0 Å². The second-order valence-electron chi connectivity index (χ2n) is 3.46. The van der Waals surface area contributed by atoms with Gasteiger partial charge in [0.15, 0.2) is 5.78 Å². The maximum atomic E-state index is 13.3. The molecule has 0 amide bonds. The number of ketones is 1. The Morgan fingerprint density at radius 3 is 2.87 bits per heavy atom. The largest absolute Gasteiger partial charge is 0.363 e. The number of rotatable bonds is 1. The molecule has 0 aromatic heterocycles. The molecule has 0 spiro atoms. The van der Waals surface area contributed by atoms with Gasteiger partial charge in [0.2, 0.25) is 0 Å². The average Bonchev–Trinajstić information content (AvgIpc) is 2.64. The summed E-state index contributed by atoms with van der Waals surface area (Å²) in [5.74, 6) is -0.405. The number of benzene rings is 1. The van der Waals surface area contributed by atoms with E-state index in [1.807, 2.05) is 6.07 Å². The normalized spacial score (nSPS) is 15.5. The lowest BCUT2D eigenvalue weighted by atomic mass is 10.1. The van der Waals surface area contributed by atoms with Gasteiger partial charge in [0, 0.05) is 13.0 Å². The Kier molecular flexibility index (Phi) is 2.38. The van der Waals surface area contributed by atoms with Gasteiger partial charge < -0.3 is 4.90 Å². The number of nitriles is 1. The molecule has 15 heavy (non-hydrogen) atoms. The van der Waals surface area contributed by atoms with Crippen LogP contribution in [0, 0.1) is 17.1 Å². The third kappa shape index (κ3) is 1.68. The van der Waals surface area contributed by atoms with Crippen molar-refractivity contribution in [2.75, 3.05) is 18.0 Å². The predicted molar refractivity (Wildman–Crippen MR) is 53.0 cm³/mol. The van der Waals surface area contributed by atoms with Crippen molar-refractivity contribution in [3.05, 3.63) is 29.6 Å². The fourth-order valence-corrected chi connectivity index (χ4v) is 1.72. The van der Waals surface area contributed by atoms with Gasteiger partial charge in [-0.2, -0.15) is 5.26 Å². The zero-order chi connectivity index (χ0) is 10.8. The second kappa shape index (κ2) is 3.70. The molecule has 76 valence electrons. The standard InChI is InChI=1S/C11H9FN2O/c12-10-2-1-3-11(9(10)6-13)14-5-4-8(15)7-14/h1-3H,4-5,7H2. The molecule has 1 fully saturated rings. The van der Waals surface area contributed by atoms with E-state index in [0.717, 1.165) is 0 Å². The summed E-state index contributed by atoms with van der Waals surface area (Å²) in [6.45, 7) is 0.842. The molecule has 0 unspecified atom stereocenters. The minimum atomic E-state index is -0.533. The first kappa shape index (κ1) is 9.66. The van der Waals surface area contributed by atoms with E-state index in [9.17, 15) is 9.18 Å². The molecule has 0 bridgehead atoms. The van der Waals surface area contributed by atoms with Crippen LogP contribution >= 0.6 is 0 Å². The van der Waals surface area contributed by atoms with E-state index in [1.165, 1.54) is 6.07 Å². The van der Waals surface area contributed by atoms with E-state index in [2.05, 4.69) is 0 Å². The van der Waals surface area contributed by atoms with Crippen LogP contribution in [0.5, 0.6) is 0 Å². The Bertz CT molecular complexity index is 450. The number of hydrogen-bond acceptors (Lipinski definition) is 3. The number of carbonyl (C=O) groups excluding carboxylic acids is 1. The van der Waals surface area contributed by atoms with E-state index < -0.39 is 5.82 Å². The lowest BCUT2D eigenvalue weighted by Crippen LogP contribution is -2.20. The van der Waals surface area contributed by atoms with Crippen LogP contribution < -0.4 is 4.90 Å². The average molecular weight is 204 g/mol. The highest BCUT2D eigenvalue weighted by Crippen LogP contribution is 2.24. The fourth-order valence-electron chi connectivity index (χ4n) is 1.72. The van der Waals surface area contributed by atoms with Gasteiger partial charge in [0.05, 0.1) is 12.2 Å². The monoisotopic (exact) mass is 204 g/mol. The van der Waals surface area contributed by atoms with E-state index in [4.69, 9.17) is 5.26 Å². The van der Waals surface area contributed by atoms with Gasteiger partial charge in [-0.25, -0.2) is 4.39 Å². The number of Topliss-reactive ketones (excluding diaryl/α,β-unsaturated/α-hetero) is 1. The third-order valence-electron chi connectivity index (χ3n) is 2.47. The van der Waals surface area contributed by atoms with Gasteiger partial charge in [-0.3, -0.25) is 4.79 Å². The van der Waals surface area contributed by atoms with E-state index in [0.29, 0.717) is 18.7 Å². The summed E-state index contributed by atoms with van der Waals surface area (Å²) in [7, 11) is 0. The molecule has 3 nitrogen and oxygen atoms in total. The van der Waals surface area contributed by atoms with Crippen LogP contribution in [0.2, 0.25) is 0 Å². The quantitative estimate of drug-likeness (QED) is 0.695. The Hall–Kier alpha value is -1.89. The molecule has 1 aliphatic rings. The minimum Gasteiger partial charge on any atom is -0.363 e. The SMILES string of the molecule is N#Cc1c(F)cccc1N1CCC(=O)C1. The van der Waals surface area contributed by atoms with Crippen molar-refractivity contribution in [2.45, 2.75) is 6.42 Å². The first-order chi connectivity index (χ1) is 7.22. The van der Waals surface area contributed by atoms with Crippen LogP contribution in [-0.4, -0.2) is 18.9 Å². The number of anilines is 1. The first-order valence-electron chi connectivity index (χ1n) is 4.67. The van der Waals surface area contributed by atoms with Crippen LogP contribution in [-0.2, 0) is 4.79 Å². The zero-order valence-electron chi connectivity index (χ0n) is 8.03. The molecule has 1 heterocycles. The van der Waals surface area contributed by atoms with Crippen LogP contribution in [0.25, 0.3) is 0 Å². The Labute approximate surface area is 86.7 Å². The van der Waals surface area contributed by atoms with Crippen molar-refractivity contribution < 1.29 is 9.18 Å². The van der Waals surface area contributed by atoms with Crippen LogP contribution in [0.15, 0.2) is 18.2 Å². The van der Waals surface area contributed by atoms with Gasteiger partial charge in [-0.15, -0.1) is 0 Å². The van der Waals surface area contributed by atoms with Gasteiger partial charge in [0.1, 0.15) is 17.4 Å². The van der Waals surface area contributed by atoms with Crippen LogP contribution in [0.3, 0.4) is 0 Å². The highest BCUT2D eigenvalue weighted by molar-refractivity contribution is 5.87. The Morgan fingerprint density at radius 1 is 1.47 bits per heavy atom. The molecule has 2 rings (SSSR count). The van der Waals surface area contributed by atoms with Gasteiger partial charge in [-0.1, -0.05) is 6.07 Å². The van der Waals surface area contributed by atoms with E-state index in [-0.39, 0.29) is 17.9 Å². The van der Waals surface area contributed by atoms with E-state index >= 15 is 0 Å². The second-order valence-corrected chi connectivity index (χ2v) is 3.46. The van der Waals surface area contributed by atoms with Crippen molar-refractivity contribution in [1.29, 1.82) is 5.26 Å².